The van der Waals surface area contributed by atoms with Crippen molar-refractivity contribution in [3.8, 4) is 44.9 Å². The lowest BCUT2D eigenvalue weighted by molar-refractivity contribution is 1.37. The van der Waals surface area contributed by atoms with E-state index in [0.29, 0.717) is 0 Å². The van der Waals surface area contributed by atoms with Gasteiger partial charge in [0.05, 0.1) is 50.2 Å². The second-order valence-electron chi connectivity index (χ2n) is 20.5. The van der Waals surface area contributed by atoms with Gasteiger partial charge in [-0.1, -0.05) is 164 Å². The van der Waals surface area contributed by atoms with Crippen LogP contribution in [0.1, 0.15) is 0 Å². The molecular formula is C72H40N6. The number of rotatable bonds is 4. The van der Waals surface area contributed by atoms with Crippen molar-refractivity contribution < 1.29 is 0 Å². The van der Waals surface area contributed by atoms with E-state index in [2.05, 4.69) is 212 Å². The normalized spacial score (nSPS) is 12.1. The molecule has 0 aliphatic rings. The van der Waals surface area contributed by atoms with E-state index >= 15 is 0 Å². The summed E-state index contributed by atoms with van der Waals surface area (Å²) in [7, 11) is 0. The number of pyridine rings is 6. The van der Waals surface area contributed by atoms with Gasteiger partial charge in [-0.15, -0.1) is 0 Å². The Morgan fingerprint density at radius 2 is 0.513 bits per heavy atom. The highest BCUT2D eigenvalue weighted by atomic mass is 14.8. The molecule has 0 aliphatic heterocycles. The summed E-state index contributed by atoms with van der Waals surface area (Å²) in [6, 6.07) is 80.9. The summed E-state index contributed by atoms with van der Waals surface area (Å²) in [6.45, 7) is 0. The summed E-state index contributed by atoms with van der Waals surface area (Å²) in [5.74, 6) is 0. The topological polar surface area (TPSA) is 77.3 Å². The largest absolute Gasteiger partial charge is 0.254 e. The maximum Gasteiger partial charge on any atom is 0.0972 e. The first-order valence-electron chi connectivity index (χ1n) is 26.4. The first kappa shape index (κ1) is 42.8. The molecule has 78 heavy (non-hydrogen) atoms. The fourth-order valence-corrected chi connectivity index (χ4v) is 12.5. The smallest absolute Gasteiger partial charge is 0.0972 e. The van der Waals surface area contributed by atoms with Crippen LogP contribution in [0.3, 0.4) is 0 Å². The van der Waals surface area contributed by atoms with Gasteiger partial charge in [0.2, 0.25) is 0 Å². The maximum absolute atomic E-state index is 5.44. The molecule has 11 aromatic carbocycles. The van der Waals surface area contributed by atoms with Crippen LogP contribution in [-0.2, 0) is 0 Å². The fraction of sp³-hybridized carbons (Fsp3) is 0. The number of hydrogen-bond donors (Lipinski definition) is 0. The number of hydrogen-bond acceptors (Lipinski definition) is 6. The molecule has 0 unspecified atom stereocenters. The van der Waals surface area contributed by atoms with E-state index in [-0.39, 0.29) is 0 Å². The third kappa shape index (κ3) is 6.44. The predicted octanol–water partition coefficient (Wildman–Crippen LogP) is 18.6. The second-order valence-corrected chi connectivity index (χ2v) is 20.5. The van der Waals surface area contributed by atoms with E-state index < -0.39 is 0 Å². The monoisotopic (exact) mass is 988 g/mol. The van der Waals surface area contributed by atoms with Crippen molar-refractivity contribution in [3.63, 3.8) is 0 Å². The average Bonchev–Trinajstić information content (AvgIpc) is 3.62. The highest BCUT2D eigenvalue weighted by molar-refractivity contribution is 6.28. The van der Waals surface area contributed by atoms with Crippen molar-refractivity contribution in [2.75, 3.05) is 0 Å². The molecule has 0 bridgehead atoms. The first-order valence-corrected chi connectivity index (χ1v) is 26.4. The summed E-state index contributed by atoms with van der Waals surface area (Å²) in [5.41, 5.74) is 13.7. The Labute approximate surface area is 445 Å². The molecule has 6 nitrogen and oxygen atoms in total. The minimum atomic E-state index is 0.882. The highest BCUT2D eigenvalue weighted by Gasteiger charge is 2.18. The molecule has 6 heteroatoms. The van der Waals surface area contributed by atoms with E-state index in [1.54, 1.807) is 0 Å². The molecule has 6 heterocycles. The molecular weight excluding hydrogens is 949 g/mol. The zero-order chi connectivity index (χ0) is 51.0. The maximum atomic E-state index is 5.44. The van der Waals surface area contributed by atoms with Gasteiger partial charge in [0.1, 0.15) is 0 Å². The van der Waals surface area contributed by atoms with Gasteiger partial charge in [-0.25, -0.2) is 15.0 Å². The third-order valence-corrected chi connectivity index (χ3v) is 16.3. The molecule has 6 aromatic heterocycles. The van der Waals surface area contributed by atoms with E-state index in [1.807, 2.05) is 30.7 Å². The predicted molar refractivity (Wildman–Crippen MR) is 325 cm³/mol. The van der Waals surface area contributed by atoms with Crippen LogP contribution in [0.15, 0.2) is 243 Å². The van der Waals surface area contributed by atoms with Gasteiger partial charge < -0.3 is 0 Å². The van der Waals surface area contributed by atoms with Crippen molar-refractivity contribution in [2.24, 2.45) is 0 Å². The number of aromatic nitrogens is 6. The lowest BCUT2D eigenvalue weighted by Gasteiger charge is -2.15. The molecule has 0 saturated heterocycles. The van der Waals surface area contributed by atoms with Crippen LogP contribution in [0.5, 0.6) is 0 Å². The van der Waals surface area contributed by atoms with Crippen LogP contribution in [-0.4, -0.2) is 29.9 Å². The van der Waals surface area contributed by atoms with Crippen LogP contribution < -0.4 is 0 Å². The number of nitrogens with zero attached hydrogens (tertiary/aromatic N) is 6. The molecule has 0 atom stereocenters. The standard InChI is InChI=1S/C72H40N6/c1-2-10-52-51(9-1)60-37-46(18-25-55(60)56-26-19-47(38-61(52)56)64-30-22-43-15-13-41-7-5-34-73-67(41)69(43)76-64)50-33-36-75-72-59(50)29-17-45-24-32-66(78-71(45)72)49-21-28-58-57-27-20-48(39-62(57)53-11-3-4-12-54(53)63(58)40-49)65-31-23-44-16-14-42-8-6-35-74-68(42)70(44)77-65/h1-40H. The van der Waals surface area contributed by atoms with Gasteiger partial charge in [-0.05, 0) is 136 Å². The molecule has 358 valence electrons. The molecule has 17 aromatic rings. The summed E-state index contributed by atoms with van der Waals surface area (Å²) in [4.78, 5) is 30.3. The molecule has 0 amide bonds. The summed E-state index contributed by atoms with van der Waals surface area (Å²) in [5, 5.41) is 20.9. The molecule has 0 N–H and O–H groups in total. The zero-order valence-corrected chi connectivity index (χ0v) is 41.8. The molecule has 17 rings (SSSR count). The summed E-state index contributed by atoms with van der Waals surface area (Å²) < 4.78 is 0. The van der Waals surface area contributed by atoms with Crippen LogP contribution in [0, 0.1) is 0 Å². The lowest BCUT2D eigenvalue weighted by Crippen LogP contribution is -1.92. The van der Waals surface area contributed by atoms with Gasteiger partial charge in [-0.2, -0.15) is 0 Å². The lowest BCUT2D eigenvalue weighted by atomic mass is 9.90. The van der Waals surface area contributed by atoms with Crippen LogP contribution >= 0.6 is 0 Å². The van der Waals surface area contributed by atoms with Gasteiger partial charge in [0, 0.05) is 67.6 Å². The van der Waals surface area contributed by atoms with E-state index in [0.717, 1.165) is 110 Å². The average molecular weight is 989 g/mol. The summed E-state index contributed by atoms with van der Waals surface area (Å²) in [6.07, 6.45) is 5.62. The quantitative estimate of drug-likeness (QED) is 0.164. The van der Waals surface area contributed by atoms with Crippen LogP contribution in [0.4, 0.5) is 0 Å². The van der Waals surface area contributed by atoms with Crippen LogP contribution in [0.2, 0.25) is 0 Å². The Balaban J connectivity index is 0.757. The molecule has 0 aliphatic carbocycles. The van der Waals surface area contributed by atoms with Crippen molar-refractivity contribution in [1.82, 2.24) is 29.9 Å². The van der Waals surface area contributed by atoms with Crippen molar-refractivity contribution >= 4 is 130 Å². The Morgan fingerprint density at radius 3 is 0.949 bits per heavy atom. The van der Waals surface area contributed by atoms with E-state index in [9.17, 15) is 0 Å². The number of fused-ring (bicyclic) bond motifs is 21. The van der Waals surface area contributed by atoms with Gasteiger partial charge >= 0.3 is 0 Å². The van der Waals surface area contributed by atoms with Crippen molar-refractivity contribution in [3.05, 3.63) is 243 Å². The minimum Gasteiger partial charge on any atom is -0.254 e. The Bertz CT molecular complexity index is 5440. The van der Waals surface area contributed by atoms with E-state index in [4.69, 9.17) is 29.9 Å². The van der Waals surface area contributed by atoms with E-state index in [1.165, 1.54) is 64.6 Å². The Kier molecular flexibility index (Phi) is 9.03. The fourth-order valence-electron chi connectivity index (χ4n) is 12.5. The molecule has 0 spiro atoms. The molecule has 0 saturated carbocycles. The Morgan fingerprint density at radius 1 is 0.192 bits per heavy atom. The Hall–Kier alpha value is -10.6. The highest BCUT2D eigenvalue weighted by Crippen LogP contribution is 2.43. The summed E-state index contributed by atoms with van der Waals surface area (Å²) >= 11 is 0. The second kappa shape index (κ2) is 16.5. The first-order chi connectivity index (χ1) is 38.6. The van der Waals surface area contributed by atoms with Crippen molar-refractivity contribution in [1.29, 1.82) is 0 Å². The molecule has 0 fully saturated rings. The third-order valence-electron chi connectivity index (χ3n) is 16.3. The van der Waals surface area contributed by atoms with Crippen LogP contribution in [0.25, 0.3) is 175 Å². The van der Waals surface area contributed by atoms with Gasteiger partial charge in [0.15, 0.2) is 0 Å². The van der Waals surface area contributed by atoms with Gasteiger partial charge in [-0.3, -0.25) is 15.0 Å². The molecule has 0 radical (unpaired) electrons. The van der Waals surface area contributed by atoms with Gasteiger partial charge in [0.25, 0.3) is 0 Å². The van der Waals surface area contributed by atoms with Crippen molar-refractivity contribution in [2.45, 2.75) is 0 Å². The SMILES string of the molecule is c1cnc2c(c1)ccc1ccc(-c3ccc4c5ccc(-c6ccc7ccc8c(-c9ccc%10c%11ccc(-c%12ccc%13ccc%14cccnc%14c%13n%12)cc%11c%11ccccc%11c%10c9)ccnc8c7n6)cc5c5ccccc5c4c3)nc12. The minimum absolute atomic E-state index is 0.882. The zero-order valence-electron chi connectivity index (χ0n) is 41.8. The number of benzene rings is 11.